The third kappa shape index (κ3) is 2.32. The summed E-state index contributed by atoms with van der Waals surface area (Å²) in [6, 6.07) is 0. The molecule has 0 aromatic heterocycles. The summed E-state index contributed by atoms with van der Waals surface area (Å²) in [6.45, 7) is 6.48. The van der Waals surface area contributed by atoms with Gasteiger partial charge in [0, 0.05) is 12.3 Å². The van der Waals surface area contributed by atoms with Gasteiger partial charge in [-0.1, -0.05) is 38.0 Å². The van der Waals surface area contributed by atoms with Crippen molar-refractivity contribution >= 4 is 5.97 Å². The highest BCUT2D eigenvalue weighted by Crippen LogP contribution is 2.63. The van der Waals surface area contributed by atoms with E-state index in [1.807, 2.05) is 0 Å². The van der Waals surface area contributed by atoms with Crippen LogP contribution in [0.4, 0.5) is 0 Å². The molecule has 4 aliphatic rings. The lowest BCUT2D eigenvalue weighted by Gasteiger charge is -2.54. The van der Waals surface area contributed by atoms with Crippen molar-refractivity contribution in [2.75, 3.05) is 0 Å². The van der Waals surface area contributed by atoms with Gasteiger partial charge in [0.15, 0.2) is 0 Å². The Morgan fingerprint density at radius 3 is 2.87 bits per heavy atom. The average Bonchev–Trinajstić information content (AvgIpc) is 2.89. The van der Waals surface area contributed by atoms with E-state index in [4.69, 9.17) is 4.74 Å². The highest BCUT2D eigenvalue weighted by atomic mass is 16.5. The molecule has 0 amide bonds. The fourth-order valence-corrected chi connectivity index (χ4v) is 6.37. The van der Waals surface area contributed by atoms with E-state index >= 15 is 0 Å². The molecule has 4 rings (SSSR count). The van der Waals surface area contributed by atoms with Gasteiger partial charge in [0.1, 0.15) is 6.10 Å². The summed E-state index contributed by atoms with van der Waals surface area (Å²) < 4.78 is 5.46. The van der Waals surface area contributed by atoms with E-state index in [1.165, 1.54) is 45.4 Å². The van der Waals surface area contributed by atoms with Crippen molar-refractivity contribution in [2.45, 2.75) is 71.8 Å². The summed E-state index contributed by atoms with van der Waals surface area (Å²) in [6.07, 6.45) is 16.3. The summed E-state index contributed by atoms with van der Waals surface area (Å²) >= 11 is 0. The van der Waals surface area contributed by atoms with Crippen LogP contribution in [0.1, 0.15) is 65.7 Å². The Kier molecular flexibility index (Phi) is 3.52. The third-order valence-corrected chi connectivity index (χ3v) is 7.62. The van der Waals surface area contributed by atoms with E-state index in [0.717, 1.165) is 18.3 Å². The molecule has 0 bridgehead atoms. The van der Waals surface area contributed by atoms with E-state index < -0.39 is 0 Å². The van der Waals surface area contributed by atoms with Gasteiger partial charge in [-0.2, -0.15) is 0 Å². The van der Waals surface area contributed by atoms with Crippen LogP contribution in [0.25, 0.3) is 0 Å². The van der Waals surface area contributed by atoms with Crippen LogP contribution in [0.2, 0.25) is 0 Å². The van der Waals surface area contributed by atoms with Crippen LogP contribution >= 0.6 is 0 Å². The normalized spacial score (nSPS) is 48.0. The van der Waals surface area contributed by atoms with E-state index in [9.17, 15) is 4.79 Å². The number of hydrogen-bond acceptors (Lipinski definition) is 2. The molecule has 2 heteroatoms. The van der Waals surface area contributed by atoms with Gasteiger partial charge in [-0.25, -0.2) is 0 Å². The smallest absolute Gasteiger partial charge is 0.303 e. The van der Waals surface area contributed by atoms with E-state index in [0.29, 0.717) is 11.3 Å². The summed E-state index contributed by atoms with van der Waals surface area (Å²) in [5.41, 5.74) is 2.48. The van der Waals surface area contributed by atoms with Crippen LogP contribution in [0, 0.1) is 28.6 Å². The van der Waals surface area contributed by atoms with Crippen molar-refractivity contribution in [1.82, 2.24) is 0 Å². The minimum absolute atomic E-state index is 0.0111. The maximum Gasteiger partial charge on any atom is 0.303 e. The van der Waals surface area contributed by atoms with Crippen molar-refractivity contribution in [3.05, 3.63) is 23.8 Å². The highest BCUT2D eigenvalue weighted by Gasteiger charge is 2.53. The SMILES string of the molecule is CC(=O)OC1C=C[C@]2(C)C3=CC[C@]4(C)CCC[C@H]4[C@@H]3CCC2C1. The van der Waals surface area contributed by atoms with Gasteiger partial charge in [0.05, 0.1) is 0 Å². The van der Waals surface area contributed by atoms with E-state index in [1.54, 1.807) is 5.57 Å². The fraction of sp³-hybridized carbons (Fsp3) is 0.762. The molecule has 6 atom stereocenters. The number of fused-ring (bicyclic) bond motifs is 5. The monoisotopic (exact) mass is 314 g/mol. The molecule has 23 heavy (non-hydrogen) atoms. The fourth-order valence-electron chi connectivity index (χ4n) is 6.37. The lowest BCUT2D eigenvalue weighted by molar-refractivity contribution is -0.145. The van der Waals surface area contributed by atoms with Gasteiger partial charge in [-0.3, -0.25) is 4.79 Å². The number of hydrogen-bond donors (Lipinski definition) is 0. The molecule has 0 N–H and O–H groups in total. The Hall–Kier alpha value is -1.05. The quantitative estimate of drug-likeness (QED) is 0.500. The molecule has 2 unspecified atom stereocenters. The van der Waals surface area contributed by atoms with Crippen molar-refractivity contribution in [3.8, 4) is 0 Å². The maximum absolute atomic E-state index is 11.3. The predicted molar refractivity (Wildman–Crippen MR) is 91.8 cm³/mol. The van der Waals surface area contributed by atoms with Crippen molar-refractivity contribution in [1.29, 1.82) is 0 Å². The van der Waals surface area contributed by atoms with E-state index in [2.05, 4.69) is 32.1 Å². The Labute approximate surface area is 140 Å². The van der Waals surface area contributed by atoms with Crippen LogP contribution in [-0.2, 0) is 9.53 Å². The lowest BCUT2D eigenvalue weighted by atomic mass is 9.51. The Morgan fingerprint density at radius 2 is 2.09 bits per heavy atom. The number of carbonyl (C=O) groups excluding carboxylic acids is 1. The summed E-state index contributed by atoms with van der Waals surface area (Å²) in [5.74, 6) is 2.17. The third-order valence-electron chi connectivity index (χ3n) is 7.62. The van der Waals surface area contributed by atoms with Gasteiger partial charge in [0.2, 0.25) is 0 Å². The largest absolute Gasteiger partial charge is 0.458 e. The van der Waals surface area contributed by atoms with Crippen molar-refractivity contribution in [3.63, 3.8) is 0 Å². The van der Waals surface area contributed by atoms with Gasteiger partial charge in [-0.15, -0.1) is 0 Å². The maximum atomic E-state index is 11.3. The Bertz CT molecular complexity index is 574. The molecule has 0 spiro atoms. The second-order valence-electron chi connectivity index (χ2n) is 8.92. The first kappa shape index (κ1) is 15.5. The number of rotatable bonds is 1. The number of carbonyl (C=O) groups is 1. The predicted octanol–water partition coefficient (Wildman–Crippen LogP) is 5.05. The first-order valence-corrected chi connectivity index (χ1v) is 9.49. The first-order chi connectivity index (χ1) is 10.9. The van der Waals surface area contributed by atoms with Crippen LogP contribution in [-0.4, -0.2) is 12.1 Å². The van der Waals surface area contributed by atoms with E-state index in [-0.39, 0.29) is 17.5 Å². The van der Waals surface area contributed by atoms with Crippen LogP contribution in [0.3, 0.4) is 0 Å². The Morgan fingerprint density at radius 1 is 1.26 bits per heavy atom. The second kappa shape index (κ2) is 5.22. The highest BCUT2D eigenvalue weighted by molar-refractivity contribution is 5.66. The van der Waals surface area contributed by atoms with Crippen molar-refractivity contribution in [2.24, 2.45) is 28.6 Å². The van der Waals surface area contributed by atoms with Gasteiger partial charge < -0.3 is 4.74 Å². The van der Waals surface area contributed by atoms with Crippen molar-refractivity contribution < 1.29 is 9.53 Å². The van der Waals surface area contributed by atoms with Crippen LogP contribution in [0.15, 0.2) is 23.8 Å². The summed E-state index contributed by atoms with van der Waals surface area (Å²) in [7, 11) is 0. The molecule has 0 aliphatic heterocycles. The zero-order chi connectivity index (χ0) is 16.2. The Balaban J connectivity index is 1.64. The minimum Gasteiger partial charge on any atom is -0.458 e. The second-order valence-corrected chi connectivity index (χ2v) is 8.92. The standard InChI is InChI=1S/C21H30O2/c1-14(22)23-16-8-12-21(3)15(13-16)6-7-17-18-5-4-10-20(18,2)11-9-19(17)21/h8-9,12,15-18H,4-7,10-11,13H2,1-3H3/t15?,16?,17-,18-,20-,21-/m0/s1. The molecule has 0 heterocycles. The number of allylic oxidation sites excluding steroid dienone is 3. The van der Waals surface area contributed by atoms with Gasteiger partial charge in [-0.05, 0) is 67.8 Å². The summed E-state index contributed by atoms with van der Waals surface area (Å²) in [5, 5.41) is 0. The van der Waals surface area contributed by atoms with Gasteiger partial charge in [0.25, 0.3) is 0 Å². The van der Waals surface area contributed by atoms with Crippen LogP contribution < -0.4 is 0 Å². The minimum atomic E-state index is -0.157. The zero-order valence-corrected chi connectivity index (χ0v) is 14.8. The topological polar surface area (TPSA) is 26.3 Å². The molecule has 0 saturated heterocycles. The molecular weight excluding hydrogens is 284 g/mol. The van der Waals surface area contributed by atoms with Crippen LogP contribution in [0.5, 0.6) is 0 Å². The molecule has 0 radical (unpaired) electrons. The molecule has 2 saturated carbocycles. The summed E-state index contributed by atoms with van der Waals surface area (Å²) in [4.78, 5) is 11.3. The molecule has 2 fully saturated rings. The number of ether oxygens (including phenoxy) is 1. The first-order valence-electron chi connectivity index (χ1n) is 9.49. The van der Waals surface area contributed by atoms with Gasteiger partial charge >= 0.3 is 5.97 Å². The molecule has 0 aromatic carbocycles. The molecule has 126 valence electrons. The average molecular weight is 314 g/mol. The zero-order valence-electron chi connectivity index (χ0n) is 14.8. The molecule has 0 aromatic rings. The lowest BCUT2D eigenvalue weighted by Crippen LogP contribution is -2.46. The molecule has 2 nitrogen and oxygen atoms in total. The molecular formula is C21H30O2. The molecule has 4 aliphatic carbocycles. The number of esters is 1.